The van der Waals surface area contributed by atoms with E-state index in [0.717, 1.165) is 49.1 Å². The average Bonchev–Trinajstić information content (AvgIpc) is 3.33. The molecule has 7 nitrogen and oxygen atoms in total. The maximum absolute atomic E-state index is 5.92. The molecule has 0 amide bonds. The fourth-order valence-corrected chi connectivity index (χ4v) is 3.77. The van der Waals surface area contributed by atoms with Crippen LogP contribution in [0.25, 0.3) is 11.4 Å². The molecule has 4 rings (SSSR count). The number of hydrogen-bond acceptors (Lipinski definition) is 8. The van der Waals surface area contributed by atoms with Gasteiger partial charge in [0.25, 0.3) is 0 Å². The van der Waals surface area contributed by atoms with Crippen molar-refractivity contribution in [2.45, 2.75) is 19.9 Å². The van der Waals surface area contributed by atoms with E-state index in [1.807, 2.05) is 24.3 Å². The van der Waals surface area contributed by atoms with Crippen molar-refractivity contribution < 1.29 is 4.52 Å². The molecular weight excluding hydrogens is 372 g/mol. The van der Waals surface area contributed by atoms with Gasteiger partial charge in [-0.3, -0.25) is 4.90 Å². The Morgan fingerprint density at radius 2 is 1.88 bits per heavy atom. The molecule has 26 heavy (non-hydrogen) atoms. The molecule has 136 valence electrons. The summed E-state index contributed by atoms with van der Waals surface area (Å²) in [6.07, 6.45) is 0.879. The molecule has 1 aliphatic rings. The zero-order chi connectivity index (χ0) is 17.9. The number of halogens is 1. The van der Waals surface area contributed by atoms with Crippen molar-refractivity contribution in [1.29, 1.82) is 0 Å². The van der Waals surface area contributed by atoms with Gasteiger partial charge in [0.15, 0.2) is 0 Å². The molecule has 0 bridgehead atoms. The fraction of sp³-hybridized carbons (Fsp3) is 0.412. The SMILES string of the molecule is CCc1nsc(N2CCN(Cc3nc(-c4ccc(Cl)cc4)no3)CC2)n1. The number of aryl methyl sites for hydroxylation is 1. The molecule has 3 heterocycles. The standard InChI is InChI=1S/C17H19ClN6OS/c1-2-14-19-17(26-22-14)24-9-7-23(8-10-24)11-15-20-16(21-25-15)12-3-5-13(18)6-4-12/h3-6H,2,7-11H2,1H3. The first-order chi connectivity index (χ1) is 12.7. The molecule has 1 fully saturated rings. The van der Waals surface area contributed by atoms with Gasteiger partial charge in [-0.15, -0.1) is 0 Å². The van der Waals surface area contributed by atoms with E-state index in [9.17, 15) is 0 Å². The number of hydrogen-bond donors (Lipinski definition) is 0. The first-order valence-electron chi connectivity index (χ1n) is 8.59. The van der Waals surface area contributed by atoms with Crippen molar-refractivity contribution in [3.8, 4) is 11.4 Å². The van der Waals surface area contributed by atoms with E-state index in [1.54, 1.807) is 0 Å². The molecule has 0 N–H and O–H groups in total. The van der Waals surface area contributed by atoms with Crippen LogP contribution in [0.3, 0.4) is 0 Å². The number of rotatable bonds is 5. The van der Waals surface area contributed by atoms with Gasteiger partial charge >= 0.3 is 0 Å². The summed E-state index contributed by atoms with van der Waals surface area (Å²) in [7, 11) is 0. The molecule has 0 radical (unpaired) electrons. The summed E-state index contributed by atoms with van der Waals surface area (Å²) in [5.41, 5.74) is 0.900. The first kappa shape index (κ1) is 17.4. The third kappa shape index (κ3) is 3.87. The van der Waals surface area contributed by atoms with Crippen molar-refractivity contribution in [2.24, 2.45) is 0 Å². The topological polar surface area (TPSA) is 71.2 Å². The summed E-state index contributed by atoms with van der Waals surface area (Å²) in [4.78, 5) is 13.7. The molecular formula is C17H19ClN6OS. The Hall–Kier alpha value is -2.03. The Labute approximate surface area is 160 Å². The molecule has 2 aromatic heterocycles. The van der Waals surface area contributed by atoms with E-state index >= 15 is 0 Å². The van der Waals surface area contributed by atoms with Gasteiger partial charge in [-0.05, 0) is 24.3 Å². The molecule has 0 atom stereocenters. The number of anilines is 1. The highest BCUT2D eigenvalue weighted by Crippen LogP contribution is 2.21. The van der Waals surface area contributed by atoms with Gasteiger partial charge in [-0.2, -0.15) is 9.36 Å². The predicted octanol–water partition coefficient (Wildman–Crippen LogP) is 3.13. The third-order valence-electron chi connectivity index (χ3n) is 4.35. The molecule has 1 aliphatic heterocycles. The van der Waals surface area contributed by atoms with Crippen molar-refractivity contribution in [1.82, 2.24) is 24.4 Å². The maximum Gasteiger partial charge on any atom is 0.241 e. The second-order valence-electron chi connectivity index (χ2n) is 6.13. The second-order valence-corrected chi connectivity index (χ2v) is 7.30. The van der Waals surface area contributed by atoms with Gasteiger partial charge in [0.1, 0.15) is 5.82 Å². The van der Waals surface area contributed by atoms with Crippen LogP contribution in [0.4, 0.5) is 5.13 Å². The highest BCUT2D eigenvalue weighted by molar-refractivity contribution is 7.09. The zero-order valence-electron chi connectivity index (χ0n) is 14.4. The van der Waals surface area contributed by atoms with E-state index in [2.05, 4.69) is 36.2 Å². The Morgan fingerprint density at radius 3 is 2.58 bits per heavy atom. The van der Waals surface area contributed by atoms with Crippen molar-refractivity contribution >= 4 is 28.3 Å². The minimum atomic E-state index is 0.594. The fourth-order valence-electron chi connectivity index (χ4n) is 2.84. The van der Waals surface area contributed by atoms with Crippen molar-refractivity contribution in [3.05, 3.63) is 41.0 Å². The Bertz CT molecular complexity index is 856. The minimum Gasteiger partial charge on any atom is -0.344 e. The van der Waals surface area contributed by atoms with Gasteiger partial charge in [0.2, 0.25) is 16.8 Å². The van der Waals surface area contributed by atoms with Gasteiger partial charge in [-0.25, -0.2) is 4.98 Å². The lowest BCUT2D eigenvalue weighted by Crippen LogP contribution is -2.46. The largest absolute Gasteiger partial charge is 0.344 e. The number of piperazine rings is 1. The summed E-state index contributed by atoms with van der Waals surface area (Å²) in [6, 6.07) is 7.43. The lowest BCUT2D eigenvalue weighted by molar-refractivity contribution is 0.215. The highest BCUT2D eigenvalue weighted by Gasteiger charge is 2.21. The Morgan fingerprint density at radius 1 is 1.12 bits per heavy atom. The zero-order valence-corrected chi connectivity index (χ0v) is 16.0. The van der Waals surface area contributed by atoms with Crippen LogP contribution in [0.2, 0.25) is 5.02 Å². The summed E-state index contributed by atoms with van der Waals surface area (Å²) < 4.78 is 9.78. The van der Waals surface area contributed by atoms with Gasteiger partial charge in [0.05, 0.1) is 6.54 Å². The minimum absolute atomic E-state index is 0.594. The molecule has 1 aromatic carbocycles. The van der Waals surface area contributed by atoms with E-state index in [1.165, 1.54) is 11.5 Å². The lowest BCUT2D eigenvalue weighted by atomic mass is 10.2. The molecule has 0 spiro atoms. The van der Waals surface area contributed by atoms with Crippen molar-refractivity contribution in [2.75, 3.05) is 31.1 Å². The summed E-state index contributed by atoms with van der Waals surface area (Å²) in [5, 5.41) is 5.78. The quantitative estimate of drug-likeness (QED) is 0.662. The average molecular weight is 391 g/mol. The normalized spacial score (nSPS) is 15.5. The van der Waals surface area contributed by atoms with Gasteiger partial charge in [-0.1, -0.05) is 23.7 Å². The smallest absolute Gasteiger partial charge is 0.241 e. The Balaban J connectivity index is 1.34. The molecule has 0 aliphatic carbocycles. The van der Waals surface area contributed by atoms with Crippen LogP contribution in [0.1, 0.15) is 18.6 Å². The maximum atomic E-state index is 5.92. The molecule has 0 saturated carbocycles. The van der Waals surface area contributed by atoms with Crippen LogP contribution in [-0.4, -0.2) is 50.6 Å². The molecule has 0 unspecified atom stereocenters. The van der Waals surface area contributed by atoms with Crippen LogP contribution in [0.5, 0.6) is 0 Å². The summed E-state index contributed by atoms with van der Waals surface area (Å²) >= 11 is 7.40. The number of aromatic nitrogens is 4. The van der Waals surface area contributed by atoms with Crippen LogP contribution >= 0.6 is 23.1 Å². The van der Waals surface area contributed by atoms with E-state index in [4.69, 9.17) is 16.1 Å². The molecule has 1 saturated heterocycles. The predicted molar refractivity (Wildman–Crippen MR) is 102 cm³/mol. The Kier molecular flexibility index (Phi) is 5.14. The number of nitrogens with zero attached hydrogens (tertiary/aromatic N) is 6. The van der Waals surface area contributed by atoms with E-state index < -0.39 is 0 Å². The van der Waals surface area contributed by atoms with Crippen molar-refractivity contribution in [3.63, 3.8) is 0 Å². The molecule has 3 aromatic rings. The van der Waals surface area contributed by atoms with E-state index in [-0.39, 0.29) is 0 Å². The lowest BCUT2D eigenvalue weighted by Gasteiger charge is -2.33. The summed E-state index contributed by atoms with van der Waals surface area (Å²) in [6.45, 7) is 6.45. The van der Waals surface area contributed by atoms with Crippen LogP contribution in [-0.2, 0) is 13.0 Å². The second kappa shape index (κ2) is 7.69. The van der Waals surface area contributed by atoms with Gasteiger partial charge < -0.3 is 9.42 Å². The first-order valence-corrected chi connectivity index (χ1v) is 9.75. The molecule has 9 heteroatoms. The van der Waals surface area contributed by atoms with Crippen LogP contribution < -0.4 is 4.90 Å². The van der Waals surface area contributed by atoms with Crippen LogP contribution in [0, 0.1) is 0 Å². The van der Waals surface area contributed by atoms with E-state index in [0.29, 0.717) is 23.3 Å². The highest BCUT2D eigenvalue weighted by atomic mass is 35.5. The monoisotopic (exact) mass is 390 g/mol. The van der Waals surface area contributed by atoms with Gasteiger partial charge in [0, 0.05) is 54.7 Å². The van der Waals surface area contributed by atoms with Crippen LogP contribution in [0.15, 0.2) is 28.8 Å². The summed E-state index contributed by atoms with van der Waals surface area (Å²) in [5.74, 6) is 2.15. The number of benzene rings is 1. The third-order valence-corrected chi connectivity index (χ3v) is 5.41.